The highest BCUT2D eigenvalue weighted by Crippen LogP contribution is 2.37. The Balaban J connectivity index is 0.000000166. The largest absolute Gasteiger partial charge is 0.507 e. The summed E-state index contributed by atoms with van der Waals surface area (Å²) in [6, 6.07) is 15.1. The number of allylic oxidation sites excluding steroid dienone is 2. The van der Waals surface area contributed by atoms with Gasteiger partial charge in [0.25, 0.3) is 0 Å². The Labute approximate surface area is 239 Å². The second-order valence-corrected chi connectivity index (χ2v) is 8.43. The molecule has 0 amide bonds. The summed E-state index contributed by atoms with van der Waals surface area (Å²) in [6.07, 6.45) is 2.17. The van der Waals surface area contributed by atoms with E-state index in [4.69, 9.17) is 0 Å². The molecule has 10 heteroatoms. The molecule has 0 aromatic heterocycles. The molecule has 0 bridgehead atoms. The molecule has 6 rings (SSSR count). The van der Waals surface area contributed by atoms with Crippen molar-refractivity contribution in [2.45, 2.75) is 0 Å². The van der Waals surface area contributed by atoms with Gasteiger partial charge in [0.15, 0.2) is 34.7 Å². The van der Waals surface area contributed by atoms with Crippen molar-refractivity contribution in [2.75, 3.05) is 0 Å². The summed E-state index contributed by atoms with van der Waals surface area (Å²) in [6.45, 7) is 0. The van der Waals surface area contributed by atoms with E-state index in [-0.39, 0.29) is 44.9 Å². The number of carbonyl (C=O) groups excluding carboxylic acids is 6. The van der Waals surface area contributed by atoms with Crippen LogP contribution in [0.5, 0.6) is 11.5 Å². The number of phenolic OH excluding ortho intramolecular Hbond substituents is 2. The van der Waals surface area contributed by atoms with Crippen LogP contribution in [-0.2, 0) is 9.59 Å². The fourth-order valence-corrected chi connectivity index (χ4v) is 4.70. The van der Waals surface area contributed by atoms with E-state index >= 15 is 0 Å². The molecule has 3 aliphatic rings. The van der Waals surface area contributed by atoms with Crippen molar-refractivity contribution in [1.29, 1.82) is 0 Å². The van der Waals surface area contributed by atoms with E-state index in [0.717, 1.165) is 12.2 Å². The maximum absolute atomic E-state index is 12.2. The molecule has 3 aliphatic carbocycles. The topological polar surface area (TPSA) is 143 Å². The average Bonchev–Trinajstić information content (AvgIpc) is 2.94. The highest BCUT2D eigenvalue weighted by Gasteiger charge is 2.49. The number of ketones is 6. The number of aromatic hydroxyl groups is 2. The van der Waals surface area contributed by atoms with E-state index in [0.29, 0.717) is 0 Å². The Kier molecular flexibility index (Phi) is 8.02. The zero-order valence-electron chi connectivity index (χ0n) is 19.2. The van der Waals surface area contributed by atoms with Gasteiger partial charge in [0, 0.05) is 59.5 Å². The van der Waals surface area contributed by atoms with Gasteiger partial charge in [0.2, 0.25) is 0 Å². The van der Waals surface area contributed by atoms with Gasteiger partial charge in [0.05, 0.1) is 11.1 Å². The van der Waals surface area contributed by atoms with Crippen LogP contribution in [0.1, 0.15) is 52.6 Å². The van der Waals surface area contributed by atoms with Crippen molar-refractivity contribution < 1.29 is 39.0 Å². The van der Waals surface area contributed by atoms with Crippen molar-refractivity contribution in [1.82, 2.24) is 0 Å². The summed E-state index contributed by atoms with van der Waals surface area (Å²) >= 11 is 4.24. The smallest absolute Gasteiger partial charge is 0.198 e. The van der Waals surface area contributed by atoms with E-state index in [9.17, 15) is 39.0 Å². The lowest BCUT2D eigenvalue weighted by atomic mass is 9.68. The molecule has 190 valence electrons. The molecule has 0 aliphatic heterocycles. The Morgan fingerprint density at radius 3 is 1.16 bits per heavy atom. The van der Waals surface area contributed by atoms with Crippen LogP contribution in [0.15, 0.2) is 72.8 Å². The Hall–Kier alpha value is -3.52. The molecule has 2 atom stereocenters. The first-order chi connectivity index (χ1) is 18.2. The van der Waals surface area contributed by atoms with Gasteiger partial charge in [-0.05, 0) is 24.3 Å². The standard InChI is InChI=1S/2C14H8O4.I2/c2*15-9-5-6-10(16)12-11(9)13(17)7-3-1-2-4-8(7)14(12)18;1-2/h1-6,15-16H;1-6,11-12H;. The second-order valence-electron chi connectivity index (χ2n) is 8.43. The summed E-state index contributed by atoms with van der Waals surface area (Å²) in [5.74, 6) is -5.61. The van der Waals surface area contributed by atoms with Gasteiger partial charge in [-0.2, -0.15) is 0 Å². The van der Waals surface area contributed by atoms with E-state index in [1.165, 1.54) is 36.4 Å². The molecule has 0 heterocycles. The van der Waals surface area contributed by atoms with Crippen molar-refractivity contribution >= 4 is 71.9 Å². The van der Waals surface area contributed by atoms with Crippen LogP contribution >= 0.6 is 37.2 Å². The quantitative estimate of drug-likeness (QED) is 0.151. The van der Waals surface area contributed by atoms with E-state index in [2.05, 4.69) is 37.2 Å². The second kappa shape index (κ2) is 11.1. The average molecular weight is 734 g/mol. The lowest BCUT2D eigenvalue weighted by Crippen LogP contribution is -2.46. The number of benzene rings is 3. The van der Waals surface area contributed by atoms with Crippen LogP contribution in [0.25, 0.3) is 0 Å². The summed E-state index contributed by atoms with van der Waals surface area (Å²) in [7, 11) is 0. The van der Waals surface area contributed by atoms with Gasteiger partial charge in [-0.1, -0.05) is 48.5 Å². The van der Waals surface area contributed by atoms with Gasteiger partial charge >= 0.3 is 0 Å². The maximum Gasteiger partial charge on any atom is 0.198 e. The van der Waals surface area contributed by atoms with Crippen molar-refractivity contribution in [3.8, 4) is 11.5 Å². The molecular weight excluding hydrogens is 718 g/mol. The molecule has 0 spiro atoms. The molecule has 2 N–H and O–H groups in total. The fraction of sp³-hybridized carbons (Fsp3) is 0.0714. The number of Topliss-reactive ketones (excluding diaryl/α,β-unsaturated/α-hetero) is 2. The molecule has 0 radical (unpaired) electrons. The number of hydrogen-bond donors (Lipinski definition) is 2. The number of carbonyl (C=O) groups is 6. The number of phenols is 2. The monoisotopic (exact) mass is 734 g/mol. The van der Waals surface area contributed by atoms with Gasteiger partial charge < -0.3 is 10.2 Å². The molecule has 0 saturated heterocycles. The number of fused-ring (bicyclic) bond motifs is 4. The number of hydrogen-bond acceptors (Lipinski definition) is 8. The third-order valence-corrected chi connectivity index (χ3v) is 6.41. The van der Waals surface area contributed by atoms with Crippen molar-refractivity contribution in [3.05, 3.63) is 106 Å². The van der Waals surface area contributed by atoms with Gasteiger partial charge in [-0.3, -0.25) is 28.8 Å². The summed E-state index contributed by atoms with van der Waals surface area (Å²) in [5, 5.41) is 19.4. The minimum absolute atomic E-state index is 0.126. The van der Waals surface area contributed by atoms with Gasteiger partial charge in [0.1, 0.15) is 23.3 Å². The highest BCUT2D eigenvalue weighted by atomic mass is 128. The maximum atomic E-state index is 12.2. The van der Waals surface area contributed by atoms with Crippen LogP contribution in [0.4, 0.5) is 0 Å². The number of rotatable bonds is 0. The van der Waals surface area contributed by atoms with Crippen LogP contribution in [0.2, 0.25) is 0 Å². The predicted octanol–water partition coefficient (Wildman–Crippen LogP) is 4.65. The lowest BCUT2D eigenvalue weighted by molar-refractivity contribution is -0.126. The van der Waals surface area contributed by atoms with Crippen molar-refractivity contribution in [3.63, 3.8) is 0 Å². The van der Waals surface area contributed by atoms with E-state index in [1.807, 2.05) is 0 Å². The first-order valence-electron chi connectivity index (χ1n) is 11.0. The summed E-state index contributed by atoms with van der Waals surface area (Å²) in [5.41, 5.74) is 0.713. The zero-order valence-corrected chi connectivity index (χ0v) is 23.5. The Bertz CT molecular complexity index is 1470. The zero-order chi connectivity index (χ0) is 27.7. The highest BCUT2D eigenvalue weighted by molar-refractivity contribution is 15.0. The van der Waals surface area contributed by atoms with Crippen LogP contribution in [0.3, 0.4) is 0 Å². The summed E-state index contributed by atoms with van der Waals surface area (Å²) < 4.78 is 0. The first kappa shape index (κ1) is 27.5. The van der Waals surface area contributed by atoms with Crippen LogP contribution in [-0.4, -0.2) is 44.9 Å². The SMILES string of the molecule is II.O=C1C=CC(=O)C2C(=O)c3ccccc3C(=O)C12.O=C1c2ccccc2C(=O)c2c(O)ccc(O)c21. The fourth-order valence-electron chi connectivity index (χ4n) is 4.70. The third kappa shape index (κ3) is 4.51. The normalized spacial score (nSPS) is 18.7. The molecule has 3 aromatic carbocycles. The Morgan fingerprint density at radius 2 is 0.816 bits per heavy atom. The molecular formula is C28H16I2O8. The molecule has 3 aromatic rings. The minimum Gasteiger partial charge on any atom is -0.507 e. The number of halogens is 2. The molecule has 0 fully saturated rings. The van der Waals surface area contributed by atoms with E-state index in [1.54, 1.807) is 24.3 Å². The van der Waals surface area contributed by atoms with Crippen LogP contribution in [0, 0.1) is 11.8 Å². The van der Waals surface area contributed by atoms with Crippen LogP contribution < -0.4 is 0 Å². The molecule has 2 unspecified atom stereocenters. The Morgan fingerprint density at radius 1 is 0.500 bits per heavy atom. The van der Waals surface area contributed by atoms with Gasteiger partial charge in [-0.15, -0.1) is 0 Å². The van der Waals surface area contributed by atoms with Crippen molar-refractivity contribution in [2.24, 2.45) is 11.8 Å². The first-order valence-corrected chi connectivity index (χ1v) is 17.3. The molecule has 8 nitrogen and oxygen atoms in total. The minimum atomic E-state index is -1.16. The van der Waals surface area contributed by atoms with Gasteiger partial charge in [-0.25, -0.2) is 0 Å². The summed E-state index contributed by atoms with van der Waals surface area (Å²) in [4.78, 5) is 72.2. The third-order valence-electron chi connectivity index (χ3n) is 6.41. The van der Waals surface area contributed by atoms with E-state index < -0.39 is 46.5 Å². The molecule has 0 saturated carbocycles. The lowest BCUT2D eigenvalue weighted by Gasteiger charge is -2.29. The molecule has 38 heavy (non-hydrogen) atoms. The predicted molar refractivity (Wildman–Crippen MR) is 152 cm³/mol.